The minimum Gasteiger partial charge on any atom is -0.465 e. The van der Waals surface area contributed by atoms with Gasteiger partial charge in [-0.15, -0.1) is 0 Å². The van der Waals surface area contributed by atoms with Gasteiger partial charge in [0, 0.05) is 0 Å². The molecule has 1 aromatic rings. The number of ether oxygens (including phenoxy) is 1. The molecule has 0 amide bonds. The lowest BCUT2D eigenvalue weighted by molar-refractivity contribution is 0.111. The summed E-state index contributed by atoms with van der Waals surface area (Å²) in [7, 11) is 0. The van der Waals surface area contributed by atoms with Gasteiger partial charge in [-0.1, -0.05) is 0 Å². The van der Waals surface area contributed by atoms with Crippen LogP contribution < -0.4 is 4.74 Å². The van der Waals surface area contributed by atoms with Crippen LogP contribution >= 0.6 is 15.9 Å². The lowest BCUT2D eigenvalue weighted by Gasteiger charge is -1.93. The zero-order valence-corrected chi connectivity index (χ0v) is 7.51. The summed E-state index contributed by atoms with van der Waals surface area (Å²) >= 11 is 3.12. The van der Waals surface area contributed by atoms with Gasteiger partial charge in [0.2, 0.25) is 0 Å². The SMILES string of the molecule is CCOc1nc(C=O)c(Br)[nH]1. The van der Waals surface area contributed by atoms with Crippen molar-refractivity contribution in [1.29, 1.82) is 0 Å². The monoisotopic (exact) mass is 218 g/mol. The molecule has 0 aliphatic heterocycles. The number of carbonyl (C=O) groups excluding carboxylic acids is 1. The Morgan fingerprint density at radius 1 is 1.82 bits per heavy atom. The number of aldehydes is 1. The van der Waals surface area contributed by atoms with Gasteiger partial charge in [-0.05, 0) is 22.9 Å². The fourth-order valence-electron chi connectivity index (χ4n) is 0.628. The van der Waals surface area contributed by atoms with Gasteiger partial charge in [0.25, 0.3) is 6.01 Å². The number of halogens is 1. The Hall–Kier alpha value is -0.840. The highest BCUT2D eigenvalue weighted by Gasteiger charge is 2.05. The average Bonchev–Trinajstić information content (AvgIpc) is 2.32. The molecule has 1 heterocycles. The lowest BCUT2D eigenvalue weighted by atomic mass is 10.6. The largest absolute Gasteiger partial charge is 0.465 e. The number of aromatic nitrogens is 2. The third-order valence-corrected chi connectivity index (χ3v) is 1.66. The van der Waals surface area contributed by atoms with Crippen LogP contribution in [0.15, 0.2) is 4.60 Å². The lowest BCUT2D eigenvalue weighted by Crippen LogP contribution is -1.92. The van der Waals surface area contributed by atoms with Crippen molar-refractivity contribution in [3.63, 3.8) is 0 Å². The van der Waals surface area contributed by atoms with Crippen molar-refractivity contribution in [1.82, 2.24) is 9.97 Å². The average molecular weight is 219 g/mol. The second-order valence-electron chi connectivity index (χ2n) is 1.79. The third-order valence-electron chi connectivity index (χ3n) is 1.06. The summed E-state index contributed by atoms with van der Waals surface area (Å²) in [6.45, 7) is 2.37. The van der Waals surface area contributed by atoms with E-state index in [-0.39, 0.29) is 0 Å². The number of hydrogen-bond acceptors (Lipinski definition) is 3. The van der Waals surface area contributed by atoms with Crippen LogP contribution in [0.4, 0.5) is 0 Å². The van der Waals surface area contributed by atoms with E-state index in [1.54, 1.807) is 0 Å². The van der Waals surface area contributed by atoms with E-state index in [9.17, 15) is 4.79 Å². The van der Waals surface area contributed by atoms with Gasteiger partial charge < -0.3 is 9.72 Å². The molecule has 0 aromatic carbocycles. The molecule has 4 nitrogen and oxygen atoms in total. The normalized spacial score (nSPS) is 9.64. The van der Waals surface area contributed by atoms with Crippen LogP contribution in [0.3, 0.4) is 0 Å². The van der Waals surface area contributed by atoms with E-state index < -0.39 is 0 Å². The highest BCUT2D eigenvalue weighted by atomic mass is 79.9. The summed E-state index contributed by atoms with van der Waals surface area (Å²) < 4.78 is 5.57. The van der Waals surface area contributed by atoms with Gasteiger partial charge in [-0.3, -0.25) is 4.79 Å². The fourth-order valence-corrected chi connectivity index (χ4v) is 0.979. The molecule has 0 unspecified atom stereocenters. The quantitative estimate of drug-likeness (QED) is 0.781. The molecule has 0 spiro atoms. The van der Waals surface area contributed by atoms with Crippen LogP contribution in [-0.2, 0) is 0 Å². The first kappa shape index (κ1) is 8.26. The van der Waals surface area contributed by atoms with E-state index in [1.807, 2.05) is 6.92 Å². The van der Waals surface area contributed by atoms with Crippen molar-refractivity contribution in [2.45, 2.75) is 6.92 Å². The molecule has 5 heteroatoms. The Labute approximate surface area is 72.1 Å². The molecule has 0 atom stereocenters. The summed E-state index contributed by atoms with van der Waals surface area (Å²) in [5.41, 5.74) is 0.327. The number of nitrogens with one attached hydrogen (secondary N) is 1. The van der Waals surface area contributed by atoms with Gasteiger partial charge in [-0.25, -0.2) is 0 Å². The number of aromatic amines is 1. The van der Waals surface area contributed by atoms with Crippen molar-refractivity contribution >= 4 is 22.2 Å². The van der Waals surface area contributed by atoms with E-state index in [4.69, 9.17) is 4.74 Å². The number of rotatable bonds is 3. The van der Waals surface area contributed by atoms with Gasteiger partial charge in [0.15, 0.2) is 6.29 Å². The molecule has 1 aromatic heterocycles. The van der Waals surface area contributed by atoms with Gasteiger partial charge in [0.1, 0.15) is 10.3 Å². The maximum atomic E-state index is 10.3. The molecule has 1 rings (SSSR count). The minimum absolute atomic E-state index is 0.327. The van der Waals surface area contributed by atoms with Crippen LogP contribution in [-0.4, -0.2) is 22.9 Å². The first-order chi connectivity index (χ1) is 5.27. The third kappa shape index (κ3) is 1.80. The Morgan fingerprint density at radius 2 is 2.55 bits per heavy atom. The van der Waals surface area contributed by atoms with Gasteiger partial charge in [-0.2, -0.15) is 4.98 Å². The van der Waals surface area contributed by atoms with E-state index in [0.717, 1.165) is 0 Å². The Bertz CT molecular complexity index is 259. The Morgan fingerprint density at radius 3 is 3.00 bits per heavy atom. The molecule has 0 fully saturated rings. The molecule has 60 valence electrons. The number of hydrogen-bond donors (Lipinski definition) is 1. The molecule has 1 N–H and O–H groups in total. The molecule has 11 heavy (non-hydrogen) atoms. The van der Waals surface area contributed by atoms with Crippen LogP contribution in [0.25, 0.3) is 0 Å². The molecule has 0 saturated heterocycles. The molecule has 0 aliphatic carbocycles. The maximum Gasteiger partial charge on any atom is 0.295 e. The smallest absolute Gasteiger partial charge is 0.295 e. The maximum absolute atomic E-state index is 10.3. The number of carbonyl (C=O) groups is 1. The van der Waals surface area contributed by atoms with Crippen molar-refractivity contribution in [3.8, 4) is 6.01 Å². The number of H-pyrrole nitrogens is 1. The van der Waals surface area contributed by atoms with Crippen molar-refractivity contribution < 1.29 is 9.53 Å². The zero-order chi connectivity index (χ0) is 8.27. The molecule has 0 bridgehead atoms. The van der Waals surface area contributed by atoms with Crippen LogP contribution in [0.5, 0.6) is 6.01 Å². The van der Waals surface area contributed by atoms with E-state index in [1.165, 1.54) is 0 Å². The summed E-state index contributed by atoms with van der Waals surface area (Å²) in [6, 6.07) is 0.362. The molecule has 0 aliphatic rings. The summed E-state index contributed by atoms with van der Waals surface area (Å²) in [4.78, 5) is 16.9. The first-order valence-electron chi connectivity index (χ1n) is 3.11. The van der Waals surface area contributed by atoms with Crippen molar-refractivity contribution in [2.24, 2.45) is 0 Å². The van der Waals surface area contributed by atoms with Crippen LogP contribution in [0.2, 0.25) is 0 Å². The van der Waals surface area contributed by atoms with Gasteiger partial charge >= 0.3 is 0 Å². The van der Waals surface area contributed by atoms with Gasteiger partial charge in [0.05, 0.1) is 6.61 Å². The highest BCUT2D eigenvalue weighted by Crippen LogP contribution is 2.15. The Kier molecular flexibility index (Phi) is 2.64. The summed E-state index contributed by atoms with van der Waals surface area (Å²) in [5, 5.41) is 0. The zero-order valence-electron chi connectivity index (χ0n) is 5.93. The second kappa shape index (κ2) is 3.52. The van der Waals surface area contributed by atoms with Crippen LogP contribution in [0.1, 0.15) is 17.4 Å². The fraction of sp³-hybridized carbons (Fsp3) is 0.333. The first-order valence-corrected chi connectivity index (χ1v) is 3.90. The van der Waals surface area contributed by atoms with Crippen molar-refractivity contribution in [3.05, 3.63) is 10.3 Å². The molecule has 0 radical (unpaired) electrons. The predicted molar refractivity (Wildman–Crippen MR) is 42.8 cm³/mol. The Balaban J connectivity index is 2.86. The topological polar surface area (TPSA) is 55.0 Å². The second-order valence-corrected chi connectivity index (χ2v) is 2.59. The summed E-state index contributed by atoms with van der Waals surface area (Å²) in [6.07, 6.45) is 0.656. The minimum atomic E-state index is 0.327. The molecular formula is C6H7BrN2O2. The number of imidazole rings is 1. The van der Waals surface area contributed by atoms with E-state index in [0.29, 0.717) is 29.2 Å². The predicted octanol–water partition coefficient (Wildman–Crippen LogP) is 1.38. The summed E-state index contributed by atoms with van der Waals surface area (Å²) in [5.74, 6) is 0. The molecule has 0 saturated carbocycles. The van der Waals surface area contributed by atoms with Crippen LogP contribution in [0, 0.1) is 0 Å². The van der Waals surface area contributed by atoms with E-state index in [2.05, 4.69) is 25.9 Å². The van der Waals surface area contributed by atoms with Crippen molar-refractivity contribution in [2.75, 3.05) is 6.61 Å². The highest BCUT2D eigenvalue weighted by molar-refractivity contribution is 9.10. The number of nitrogens with zero attached hydrogens (tertiary/aromatic N) is 1. The standard InChI is InChI=1S/C6H7BrN2O2/c1-2-11-6-8-4(3-10)5(7)9-6/h3H,2H2,1H3,(H,8,9). The van der Waals surface area contributed by atoms with E-state index >= 15 is 0 Å². The molecular weight excluding hydrogens is 212 g/mol.